The van der Waals surface area contributed by atoms with Gasteiger partial charge in [0, 0.05) is 5.02 Å². The molecule has 2 rings (SSSR count). The summed E-state index contributed by atoms with van der Waals surface area (Å²) < 4.78 is 15.2. The van der Waals surface area contributed by atoms with Gasteiger partial charge in [0.15, 0.2) is 13.2 Å². The third-order valence-electron chi connectivity index (χ3n) is 3.35. The molecular formula is C18H16Cl2N2O7. The Morgan fingerprint density at radius 2 is 1.86 bits per heavy atom. The summed E-state index contributed by atoms with van der Waals surface area (Å²) in [5.74, 6) is -1.06. The maximum Gasteiger partial charge on any atom is 0.344 e. The smallest absolute Gasteiger partial charge is 0.344 e. The van der Waals surface area contributed by atoms with Crippen LogP contribution in [0.4, 0.5) is 11.4 Å². The number of ether oxygens (including phenoxy) is 3. The van der Waals surface area contributed by atoms with E-state index in [1.165, 1.54) is 36.4 Å². The average molecular weight is 443 g/mol. The van der Waals surface area contributed by atoms with Gasteiger partial charge in [0.1, 0.15) is 17.2 Å². The van der Waals surface area contributed by atoms with E-state index in [0.29, 0.717) is 17.4 Å². The monoisotopic (exact) mass is 442 g/mol. The second kappa shape index (κ2) is 10.5. The van der Waals surface area contributed by atoms with Crippen LogP contribution in [0.3, 0.4) is 0 Å². The largest absolute Gasteiger partial charge is 0.494 e. The van der Waals surface area contributed by atoms with E-state index in [1.54, 1.807) is 6.92 Å². The highest BCUT2D eigenvalue weighted by Crippen LogP contribution is 2.29. The number of anilines is 1. The Hall–Kier alpha value is -3.04. The number of nitrogens with one attached hydrogen (secondary N) is 1. The number of hydrogen-bond donors (Lipinski definition) is 1. The topological polar surface area (TPSA) is 117 Å². The first kappa shape index (κ1) is 22.3. The molecular weight excluding hydrogens is 427 g/mol. The number of hydrogen-bond acceptors (Lipinski definition) is 7. The molecule has 0 aliphatic carbocycles. The second-order valence-electron chi connectivity index (χ2n) is 5.44. The summed E-state index contributed by atoms with van der Waals surface area (Å²) in [7, 11) is 0. The van der Waals surface area contributed by atoms with Gasteiger partial charge in [-0.15, -0.1) is 0 Å². The molecule has 1 N–H and O–H groups in total. The fraction of sp³-hybridized carbons (Fsp3) is 0.222. The van der Waals surface area contributed by atoms with Crippen molar-refractivity contribution in [2.45, 2.75) is 6.92 Å². The molecule has 0 aliphatic rings. The Bertz CT molecular complexity index is 921. The van der Waals surface area contributed by atoms with Crippen molar-refractivity contribution in [3.8, 4) is 11.5 Å². The quantitative estimate of drug-likeness (QED) is 0.355. The molecule has 9 nitrogen and oxygen atoms in total. The number of halogens is 2. The van der Waals surface area contributed by atoms with Crippen LogP contribution in [0.1, 0.15) is 6.92 Å². The molecule has 0 heterocycles. The first-order valence-electron chi connectivity index (χ1n) is 8.24. The molecule has 2 aromatic carbocycles. The third kappa shape index (κ3) is 6.81. The Balaban J connectivity index is 1.87. The van der Waals surface area contributed by atoms with E-state index in [1.807, 2.05) is 0 Å². The number of esters is 1. The SMILES string of the molecule is CCOc1ccc(NC(=O)COC(=O)COc2ccc(Cl)cc2Cl)c([N+](=O)[O-])c1. The fourth-order valence-corrected chi connectivity index (χ4v) is 2.59. The number of amides is 1. The maximum atomic E-state index is 11.9. The molecule has 29 heavy (non-hydrogen) atoms. The number of carbonyl (C=O) groups excluding carboxylic acids is 2. The Morgan fingerprint density at radius 3 is 2.52 bits per heavy atom. The molecule has 0 saturated heterocycles. The summed E-state index contributed by atoms with van der Waals surface area (Å²) >= 11 is 11.7. The van der Waals surface area contributed by atoms with Gasteiger partial charge in [-0.05, 0) is 37.3 Å². The number of nitro benzene ring substituents is 1. The van der Waals surface area contributed by atoms with Crippen LogP contribution in [0.5, 0.6) is 11.5 Å². The third-order valence-corrected chi connectivity index (χ3v) is 3.89. The molecule has 2 aromatic rings. The summed E-state index contributed by atoms with van der Waals surface area (Å²) in [6.45, 7) is 0.932. The van der Waals surface area contributed by atoms with Crippen LogP contribution in [0.15, 0.2) is 36.4 Å². The van der Waals surface area contributed by atoms with E-state index >= 15 is 0 Å². The Morgan fingerprint density at radius 1 is 1.10 bits per heavy atom. The van der Waals surface area contributed by atoms with Crippen LogP contribution >= 0.6 is 23.2 Å². The Labute approximate surface area is 175 Å². The maximum absolute atomic E-state index is 11.9. The lowest BCUT2D eigenvalue weighted by Gasteiger charge is -2.10. The van der Waals surface area contributed by atoms with Gasteiger partial charge in [0.05, 0.1) is 22.6 Å². The van der Waals surface area contributed by atoms with Gasteiger partial charge in [-0.3, -0.25) is 14.9 Å². The van der Waals surface area contributed by atoms with E-state index in [4.69, 9.17) is 37.4 Å². The zero-order valence-corrected chi connectivity index (χ0v) is 16.7. The molecule has 0 radical (unpaired) electrons. The van der Waals surface area contributed by atoms with Gasteiger partial charge in [0.25, 0.3) is 11.6 Å². The van der Waals surface area contributed by atoms with Crippen molar-refractivity contribution in [2.75, 3.05) is 25.1 Å². The predicted octanol–water partition coefficient (Wildman–Crippen LogP) is 3.86. The molecule has 0 fully saturated rings. The van der Waals surface area contributed by atoms with Crippen molar-refractivity contribution in [1.82, 2.24) is 0 Å². The van der Waals surface area contributed by atoms with E-state index in [2.05, 4.69) is 5.32 Å². The molecule has 0 aromatic heterocycles. The summed E-state index contributed by atoms with van der Waals surface area (Å²) in [5, 5.41) is 14.1. The fourth-order valence-electron chi connectivity index (χ4n) is 2.13. The lowest BCUT2D eigenvalue weighted by Crippen LogP contribution is -2.24. The highest BCUT2D eigenvalue weighted by Gasteiger charge is 2.18. The Kier molecular flexibility index (Phi) is 8.05. The van der Waals surface area contributed by atoms with Crippen LogP contribution in [0.2, 0.25) is 10.0 Å². The number of nitro groups is 1. The molecule has 154 valence electrons. The highest BCUT2D eigenvalue weighted by molar-refractivity contribution is 6.35. The van der Waals surface area contributed by atoms with Crippen LogP contribution in [0.25, 0.3) is 0 Å². The minimum absolute atomic E-state index is 0.0521. The van der Waals surface area contributed by atoms with Crippen molar-refractivity contribution in [3.63, 3.8) is 0 Å². The predicted molar refractivity (Wildman–Crippen MR) is 106 cm³/mol. The van der Waals surface area contributed by atoms with Crippen molar-refractivity contribution < 1.29 is 28.7 Å². The van der Waals surface area contributed by atoms with Crippen LogP contribution in [0, 0.1) is 10.1 Å². The number of rotatable bonds is 9. The summed E-state index contributed by atoms with van der Waals surface area (Å²) in [6, 6.07) is 8.45. The van der Waals surface area contributed by atoms with E-state index in [-0.39, 0.29) is 22.1 Å². The average Bonchev–Trinajstić information content (AvgIpc) is 2.67. The minimum atomic E-state index is -0.827. The minimum Gasteiger partial charge on any atom is -0.494 e. The number of benzene rings is 2. The van der Waals surface area contributed by atoms with Crippen molar-refractivity contribution in [3.05, 3.63) is 56.6 Å². The van der Waals surface area contributed by atoms with Crippen LogP contribution < -0.4 is 14.8 Å². The van der Waals surface area contributed by atoms with Gasteiger partial charge in [0.2, 0.25) is 0 Å². The number of nitrogens with zero attached hydrogens (tertiary/aromatic N) is 1. The molecule has 11 heteroatoms. The summed E-state index contributed by atoms with van der Waals surface area (Å²) in [5.41, 5.74) is -0.403. The molecule has 0 bridgehead atoms. The molecule has 0 aliphatic heterocycles. The molecule has 0 spiro atoms. The molecule has 0 unspecified atom stereocenters. The van der Waals surface area contributed by atoms with E-state index < -0.39 is 30.0 Å². The standard InChI is InChI=1S/C18H16Cl2N2O7/c1-2-27-12-4-5-14(15(8-12)22(25)26)21-17(23)9-29-18(24)10-28-16-6-3-11(19)7-13(16)20/h3-8H,2,9-10H2,1H3,(H,21,23). The van der Waals surface area contributed by atoms with Gasteiger partial charge in [-0.1, -0.05) is 23.2 Å². The first-order valence-corrected chi connectivity index (χ1v) is 9.00. The lowest BCUT2D eigenvalue weighted by atomic mass is 10.2. The zero-order chi connectivity index (χ0) is 21.4. The number of carbonyl (C=O) groups is 2. The first-order chi connectivity index (χ1) is 13.8. The van der Waals surface area contributed by atoms with Crippen LogP contribution in [-0.4, -0.2) is 36.6 Å². The molecule has 0 saturated carbocycles. The lowest BCUT2D eigenvalue weighted by molar-refractivity contribution is -0.384. The van der Waals surface area contributed by atoms with Gasteiger partial charge >= 0.3 is 5.97 Å². The normalized spacial score (nSPS) is 10.2. The van der Waals surface area contributed by atoms with Crippen molar-refractivity contribution >= 4 is 46.5 Å². The van der Waals surface area contributed by atoms with Gasteiger partial charge in [-0.2, -0.15) is 0 Å². The summed E-state index contributed by atoms with van der Waals surface area (Å²) in [4.78, 5) is 34.2. The van der Waals surface area contributed by atoms with Crippen molar-refractivity contribution in [1.29, 1.82) is 0 Å². The summed E-state index contributed by atoms with van der Waals surface area (Å²) in [6.07, 6.45) is 0. The van der Waals surface area contributed by atoms with Gasteiger partial charge in [-0.25, -0.2) is 4.79 Å². The highest BCUT2D eigenvalue weighted by atomic mass is 35.5. The van der Waals surface area contributed by atoms with Gasteiger partial charge < -0.3 is 19.5 Å². The van der Waals surface area contributed by atoms with Crippen molar-refractivity contribution in [2.24, 2.45) is 0 Å². The van der Waals surface area contributed by atoms with E-state index in [9.17, 15) is 19.7 Å². The molecule has 0 atom stereocenters. The van der Waals surface area contributed by atoms with Crippen LogP contribution in [-0.2, 0) is 14.3 Å². The molecule has 1 amide bonds. The second-order valence-corrected chi connectivity index (χ2v) is 6.28. The van der Waals surface area contributed by atoms with E-state index in [0.717, 1.165) is 0 Å². The zero-order valence-electron chi connectivity index (χ0n) is 15.1.